The molecule has 1 unspecified atom stereocenters. The summed E-state index contributed by atoms with van der Waals surface area (Å²) in [6.45, 7) is 1.20. The lowest BCUT2D eigenvalue weighted by atomic mass is 10.0. The molecule has 1 atom stereocenters. The maximum atomic E-state index is 5.62. The van der Waals surface area contributed by atoms with Crippen molar-refractivity contribution < 1.29 is 9.15 Å². The van der Waals surface area contributed by atoms with Crippen LogP contribution in [0.2, 0.25) is 0 Å². The first kappa shape index (κ1) is 10.6. The summed E-state index contributed by atoms with van der Waals surface area (Å²) in [5, 5.41) is 7.74. The van der Waals surface area contributed by atoms with Gasteiger partial charge in [-0.15, -0.1) is 10.2 Å². The zero-order valence-corrected chi connectivity index (χ0v) is 8.82. The predicted octanol–water partition coefficient (Wildman–Crippen LogP) is 1.03. The van der Waals surface area contributed by atoms with E-state index in [1.54, 1.807) is 0 Å². The van der Waals surface area contributed by atoms with Crippen molar-refractivity contribution in [2.75, 3.05) is 6.61 Å². The molecule has 84 valence electrons. The lowest BCUT2D eigenvalue weighted by molar-refractivity contribution is 0.0105. The fourth-order valence-corrected chi connectivity index (χ4v) is 1.79. The van der Waals surface area contributed by atoms with Crippen LogP contribution < -0.4 is 5.73 Å². The van der Waals surface area contributed by atoms with Gasteiger partial charge in [0, 0.05) is 13.0 Å². The van der Waals surface area contributed by atoms with Gasteiger partial charge >= 0.3 is 0 Å². The molecular formula is C10H17N3O2. The molecule has 0 radical (unpaired) electrons. The lowest BCUT2D eigenvalue weighted by Gasteiger charge is -2.21. The second-order valence-electron chi connectivity index (χ2n) is 3.82. The molecule has 0 aliphatic carbocycles. The molecule has 1 saturated heterocycles. The zero-order valence-electron chi connectivity index (χ0n) is 8.82. The second kappa shape index (κ2) is 5.23. The molecule has 0 spiro atoms. The number of aryl methyl sites for hydroxylation is 1. The van der Waals surface area contributed by atoms with Gasteiger partial charge in [-0.1, -0.05) is 0 Å². The van der Waals surface area contributed by atoms with Crippen LogP contribution in [0.1, 0.15) is 37.5 Å². The Balaban J connectivity index is 1.76. The predicted molar refractivity (Wildman–Crippen MR) is 54.1 cm³/mol. The van der Waals surface area contributed by atoms with Crippen molar-refractivity contribution >= 4 is 0 Å². The topological polar surface area (TPSA) is 74.2 Å². The van der Waals surface area contributed by atoms with Gasteiger partial charge in [-0.05, 0) is 25.7 Å². The van der Waals surface area contributed by atoms with Crippen LogP contribution in [0, 0.1) is 0 Å². The summed E-state index contributed by atoms with van der Waals surface area (Å²) in [6.07, 6.45) is 5.73. The summed E-state index contributed by atoms with van der Waals surface area (Å²) in [6, 6.07) is 0. The molecule has 0 bridgehead atoms. The van der Waals surface area contributed by atoms with E-state index in [4.69, 9.17) is 14.9 Å². The van der Waals surface area contributed by atoms with Gasteiger partial charge in [0.25, 0.3) is 0 Å². The third-order valence-electron chi connectivity index (χ3n) is 2.64. The Morgan fingerprint density at radius 3 is 2.80 bits per heavy atom. The highest BCUT2D eigenvalue weighted by Gasteiger charge is 2.15. The number of rotatable bonds is 4. The number of nitrogens with zero attached hydrogens (tertiary/aromatic N) is 2. The van der Waals surface area contributed by atoms with E-state index in [9.17, 15) is 0 Å². The maximum Gasteiger partial charge on any atom is 0.230 e. The van der Waals surface area contributed by atoms with Crippen molar-refractivity contribution in [1.82, 2.24) is 10.2 Å². The third-order valence-corrected chi connectivity index (χ3v) is 2.64. The monoisotopic (exact) mass is 211 g/mol. The maximum absolute atomic E-state index is 5.62. The number of nitrogens with two attached hydrogens (primary N) is 1. The average Bonchev–Trinajstić information content (AvgIpc) is 2.76. The van der Waals surface area contributed by atoms with Crippen molar-refractivity contribution in [3.05, 3.63) is 11.8 Å². The van der Waals surface area contributed by atoms with E-state index >= 15 is 0 Å². The van der Waals surface area contributed by atoms with Gasteiger partial charge in [0.2, 0.25) is 11.8 Å². The Morgan fingerprint density at radius 2 is 2.13 bits per heavy atom. The van der Waals surface area contributed by atoms with E-state index in [1.807, 2.05) is 0 Å². The van der Waals surface area contributed by atoms with Gasteiger partial charge in [-0.2, -0.15) is 0 Å². The van der Waals surface area contributed by atoms with E-state index in [1.165, 1.54) is 12.8 Å². The van der Waals surface area contributed by atoms with Crippen LogP contribution in [0.4, 0.5) is 0 Å². The minimum absolute atomic E-state index is 0.312. The molecule has 0 amide bonds. The molecule has 5 nitrogen and oxygen atoms in total. The van der Waals surface area contributed by atoms with Crippen LogP contribution in [0.15, 0.2) is 4.42 Å². The van der Waals surface area contributed by atoms with E-state index in [2.05, 4.69) is 10.2 Å². The third kappa shape index (κ3) is 3.00. The Labute approximate surface area is 89.0 Å². The summed E-state index contributed by atoms with van der Waals surface area (Å²) in [4.78, 5) is 0. The van der Waals surface area contributed by atoms with Crippen LogP contribution in [0.3, 0.4) is 0 Å². The Hall–Kier alpha value is -0.940. The normalized spacial score (nSPS) is 21.8. The lowest BCUT2D eigenvalue weighted by Crippen LogP contribution is -2.19. The summed E-state index contributed by atoms with van der Waals surface area (Å²) >= 11 is 0. The Morgan fingerprint density at radius 1 is 1.27 bits per heavy atom. The molecule has 2 rings (SSSR count). The second-order valence-corrected chi connectivity index (χ2v) is 3.82. The van der Waals surface area contributed by atoms with Gasteiger partial charge in [0.15, 0.2) is 0 Å². The number of hydrogen-bond acceptors (Lipinski definition) is 5. The molecule has 5 heteroatoms. The van der Waals surface area contributed by atoms with Gasteiger partial charge in [-0.3, -0.25) is 0 Å². The molecular weight excluding hydrogens is 194 g/mol. The standard InChI is InChI=1S/C10H17N3O2/c11-7-10-13-12-9(15-10)5-4-8-3-1-2-6-14-8/h8H,1-7,11H2. The Bertz CT molecular complexity index is 295. The molecule has 0 saturated carbocycles. The minimum atomic E-state index is 0.312. The van der Waals surface area contributed by atoms with Crippen LogP contribution in [0.25, 0.3) is 0 Å². The van der Waals surface area contributed by atoms with Crippen LogP contribution in [-0.2, 0) is 17.7 Å². The summed E-state index contributed by atoms with van der Waals surface area (Å²) in [5.41, 5.74) is 5.38. The molecule has 2 N–H and O–H groups in total. The number of ether oxygens (including phenoxy) is 1. The first-order chi connectivity index (χ1) is 7.38. The number of aromatic nitrogens is 2. The Kier molecular flexibility index (Phi) is 3.69. The van der Waals surface area contributed by atoms with Crippen molar-refractivity contribution in [3.8, 4) is 0 Å². The highest BCUT2D eigenvalue weighted by Crippen LogP contribution is 2.17. The van der Waals surface area contributed by atoms with Crippen molar-refractivity contribution in [1.29, 1.82) is 0 Å². The molecule has 1 aliphatic heterocycles. The smallest absolute Gasteiger partial charge is 0.230 e. The van der Waals surface area contributed by atoms with Gasteiger partial charge in [0.1, 0.15) is 0 Å². The fourth-order valence-electron chi connectivity index (χ4n) is 1.79. The van der Waals surface area contributed by atoms with Crippen LogP contribution >= 0.6 is 0 Å². The summed E-state index contributed by atoms with van der Waals surface area (Å²) < 4.78 is 10.9. The van der Waals surface area contributed by atoms with Crippen molar-refractivity contribution in [3.63, 3.8) is 0 Å². The molecule has 1 aliphatic rings. The first-order valence-corrected chi connectivity index (χ1v) is 5.51. The molecule has 1 fully saturated rings. The molecule has 0 aromatic carbocycles. The highest BCUT2D eigenvalue weighted by molar-refractivity contribution is 4.82. The minimum Gasteiger partial charge on any atom is -0.424 e. The molecule has 15 heavy (non-hydrogen) atoms. The molecule has 2 heterocycles. The van der Waals surface area contributed by atoms with Gasteiger partial charge < -0.3 is 14.9 Å². The van der Waals surface area contributed by atoms with E-state index in [0.717, 1.165) is 25.9 Å². The van der Waals surface area contributed by atoms with Crippen molar-refractivity contribution in [2.45, 2.75) is 44.8 Å². The number of hydrogen-bond donors (Lipinski definition) is 1. The SMILES string of the molecule is NCc1nnc(CCC2CCCCO2)o1. The van der Waals surface area contributed by atoms with Crippen molar-refractivity contribution in [2.24, 2.45) is 5.73 Å². The van der Waals surface area contributed by atoms with Gasteiger partial charge in [-0.25, -0.2) is 0 Å². The molecule has 1 aromatic rings. The van der Waals surface area contributed by atoms with E-state index in [0.29, 0.717) is 24.4 Å². The van der Waals surface area contributed by atoms with Crippen LogP contribution in [0.5, 0.6) is 0 Å². The van der Waals surface area contributed by atoms with E-state index in [-0.39, 0.29) is 0 Å². The fraction of sp³-hybridized carbons (Fsp3) is 0.800. The van der Waals surface area contributed by atoms with Gasteiger partial charge in [0.05, 0.1) is 12.6 Å². The quantitative estimate of drug-likeness (QED) is 0.805. The average molecular weight is 211 g/mol. The van der Waals surface area contributed by atoms with E-state index < -0.39 is 0 Å². The largest absolute Gasteiger partial charge is 0.424 e. The first-order valence-electron chi connectivity index (χ1n) is 5.51. The highest BCUT2D eigenvalue weighted by atomic mass is 16.5. The summed E-state index contributed by atoms with van der Waals surface area (Å²) in [7, 11) is 0. The van der Waals surface area contributed by atoms with Crippen LogP contribution in [-0.4, -0.2) is 22.9 Å². The zero-order chi connectivity index (χ0) is 10.5. The summed E-state index contributed by atoms with van der Waals surface area (Å²) in [5.74, 6) is 1.18. The molecule has 1 aromatic heterocycles.